The Morgan fingerprint density at radius 1 is 1.37 bits per heavy atom. The minimum absolute atomic E-state index is 0.206. The molecular formula is C13H14FN3O2. The molecule has 2 aromatic rings. The summed E-state index contributed by atoms with van der Waals surface area (Å²) in [5.41, 5.74) is 0.324. The van der Waals surface area contributed by atoms with Crippen LogP contribution in [0, 0.1) is 5.82 Å². The second kappa shape index (κ2) is 5.46. The molecule has 6 heteroatoms. The first-order chi connectivity index (χ1) is 9.33. The van der Waals surface area contributed by atoms with Gasteiger partial charge in [0.15, 0.2) is 5.82 Å². The Kier molecular flexibility index (Phi) is 3.52. The largest absolute Gasteiger partial charge is 0.380 e. The topological polar surface area (TPSA) is 60.2 Å². The number of ether oxygens (including phenoxy) is 1. The van der Waals surface area contributed by atoms with Gasteiger partial charge in [-0.25, -0.2) is 4.39 Å². The molecule has 0 spiro atoms. The van der Waals surface area contributed by atoms with E-state index in [1.54, 1.807) is 18.2 Å². The number of benzene rings is 1. The van der Waals surface area contributed by atoms with Gasteiger partial charge in [-0.05, 0) is 18.6 Å². The fourth-order valence-corrected chi connectivity index (χ4v) is 2.00. The lowest BCUT2D eigenvalue weighted by atomic mass is 10.2. The molecule has 0 bridgehead atoms. The molecule has 1 fully saturated rings. The van der Waals surface area contributed by atoms with Crippen LogP contribution in [0.1, 0.15) is 12.2 Å². The highest BCUT2D eigenvalue weighted by atomic mass is 19.1. The van der Waals surface area contributed by atoms with Crippen molar-refractivity contribution >= 4 is 0 Å². The molecule has 1 N–H and O–H groups in total. The first-order valence-electron chi connectivity index (χ1n) is 6.21. The van der Waals surface area contributed by atoms with Gasteiger partial charge in [-0.1, -0.05) is 17.3 Å². The number of halogens is 1. The van der Waals surface area contributed by atoms with E-state index in [-0.39, 0.29) is 11.7 Å². The summed E-state index contributed by atoms with van der Waals surface area (Å²) < 4.78 is 23.9. The van der Waals surface area contributed by atoms with Crippen molar-refractivity contribution in [1.29, 1.82) is 0 Å². The Morgan fingerprint density at radius 2 is 2.26 bits per heavy atom. The third-order valence-corrected chi connectivity index (χ3v) is 3.05. The van der Waals surface area contributed by atoms with Crippen LogP contribution in [0.5, 0.6) is 0 Å². The van der Waals surface area contributed by atoms with E-state index in [0.717, 1.165) is 13.0 Å². The lowest BCUT2D eigenvalue weighted by Crippen LogP contribution is -2.28. The minimum atomic E-state index is -0.366. The number of aromatic nitrogens is 2. The van der Waals surface area contributed by atoms with Crippen molar-refractivity contribution in [1.82, 2.24) is 15.5 Å². The molecule has 1 aliphatic rings. The fourth-order valence-electron chi connectivity index (χ4n) is 2.00. The Hall–Kier alpha value is -1.79. The second-order valence-corrected chi connectivity index (χ2v) is 4.44. The Morgan fingerprint density at radius 3 is 3.05 bits per heavy atom. The molecule has 2 heterocycles. The Bertz CT molecular complexity index is 552. The van der Waals surface area contributed by atoms with E-state index in [0.29, 0.717) is 30.6 Å². The van der Waals surface area contributed by atoms with Crippen LogP contribution in [-0.4, -0.2) is 29.4 Å². The van der Waals surface area contributed by atoms with E-state index in [2.05, 4.69) is 15.5 Å². The predicted octanol–water partition coefficient (Wildman–Crippen LogP) is 1.75. The van der Waals surface area contributed by atoms with E-state index in [1.165, 1.54) is 6.07 Å². The van der Waals surface area contributed by atoms with Crippen LogP contribution in [0.4, 0.5) is 4.39 Å². The third kappa shape index (κ3) is 2.80. The molecule has 0 radical (unpaired) electrons. The van der Waals surface area contributed by atoms with Crippen molar-refractivity contribution < 1.29 is 13.7 Å². The van der Waals surface area contributed by atoms with Crippen LogP contribution < -0.4 is 5.32 Å². The zero-order valence-corrected chi connectivity index (χ0v) is 10.3. The maximum Gasteiger partial charge on any atom is 0.260 e. The van der Waals surface area contributed by atoms with Gasteiger partial charge in [0.25, 0.3) is 5.89 Å². The van der Waals surface area contributed by atoms with Crippen LogP contribution in [0.25, 0.3) is 11.5 Å². The zero-order chi connectivity index (χ0) is 13.1. The molecule has 0 amide bonds. The lowest BCUT2D eigenvalue weighted by Gasteiger charge is -2.06. The summed E-state index contributed by atoms with van der Waals surface area (Å²) in [6.45, 7) is 1.98. The third-order valence-electron chi connectivity index (χ3n) is 3.05. The molecule has 1 aliphatic heterocycles. The summed E-state index contributed by atoms with van der Waals surface area (Å²) in [7, 11) is 0. The average molecular weight is 263 g/mol. The highest BCUT2D eigenvalue weighted by molar-refractivity contribution is 5.53. The van der Waals surface area contributed by atoms with Crippen LogP contribution in [0.15, 0.2) is 28.8 Å². The van der Waals surface area contributed by atoms with Gasteiger partial charge >= 0.3 is 0 Å². The highest BCUT2D eigenvalue weighted by Gasteiger charge is 2.17. The Balaban J connectivity index is 1.67. The van der Waals surface area contributed by atoms with Crippen molar-refractivity contribution in [2.75, 3.05) is 13.2 Å². The van der Waals surface area contributed by atoms with Crippen LogP contribution in [0.2, 0.25) is 0 Å². The summed E-state index contributed by atoms with van der Waals surface area (Å²) in [4.78, 5) is 4.18. The summed E-state index contributed by atoms with van der Waals surface area (Å²) >= 11 is 0. The molecule has 0 aliphatic carbocycles. The van der Waals surface area contributed by atoms with Gasteiger partial charge in [-0.2, -0.15) is 4.98 Å². The maximum atomic E-state index is 13.6. The molecule has 1 saturated heterocycles. The standard InChI is InChI=1S/C13H14FN3O2/c14-11-4-2-1-3-10(11)13-16-12(17-19-13)7-15-9-5-6-18-8-9/h1-4,9,15H,5-8H2. The van der Waals surface area contributed by atoms with Gasteiger partial charge in [0, 0.05) is 12.6 Å². The van der Waals surface area contributed by atoms with Crippen molar-refractivity contribution in [2.45, 2.75) is 19.0 Å². The van der Waals surface area contributed by atoms with Crippen molar-refractivity contribution in [3.63, 3.8) is 0 Å². The van der Waals surface area contributed by atoms with Gasteiger partial charge in [0.1, 0.15) is 5.82 Å². The van der Waals surface area contributed by atoms with Gasteiger partial charge in [-0.3, -0.25) is 0 Å². The number of rotatable bonds is 4. The predicted molar refractivity (Wildman–Crippen MR) is 65.8 cm³/mol. The van der Waals surface area contributed by atoms with Crippen molar-refractivity contribution in [2.24, 2.45) is 0 Å². The summed E-state index contributed by atoms with van der Waals surface area (Å²) in [6.07, 6.45) is 0.984. The second-order valence-electron chi connectivity index (χ2n) is 4.44. The fraction of sp³-hybridized carbons (Fsp3) is 0.385. The number of hydrogen-bond acceptors (Lipinski definition) is 5. The molecule has 1 atom stereocenters. The summed E-state index contributed by atoms with van der Waals surface area (Å²) in [5.74, 6) is 0.359. The van der Waals surface area contributed by atoms with E-state index in [1.807, 2.05) is 0 Å². The monoisotopic (exact) mass is 263 g/mol. The molecule has 5 nitrogen and oxygen atoms in total. The van der Waals surface area contributed by atoms with Gasteiger partial charge in [-0.15, -0.1) is 0 Å². The molecular weight excluding hydrogens is 249 g/mol. The van der Waals surface area contributed by atoms with E-state index < -0.39 is 0 Å². The smallest absolute Gasteiger partial charge is 0.260 e. The quantitative estimate of drug-likeness (QED) is 0.910. The normalized spacial score (nSPS) is 18.9. The first-order valence-corrected chi connectivity index (χ1v) is 6.21. The summed E-state index contributed by atoms with van der Waals surface area (Å²) in [5, 5.41) is 7.11. The van der Waals surface area contributed by atoms with Crippen molar-refractivity contribution in [3.8, 4) is 11.5 Å². The van der Waals surface area contributed by atoms with Crippen LogP contribution >= 0.6 is 0 Å². The van der Waals surface area contributed by atoms with Crippen LogP contribution in [-0.2, 0) is 11.3 Å². The zero-order valence-electron chi connectivity index (χ0n) is 10.3. The lowest BCUT2D eigenvalue weighted by molar-refractivity contribution is 0.189. The SMILES string of the molecule is Fc1ccccc1-c1nc(CNC2CCOC2)no1. The van der Waals surface area contributed by atoms with Crippen molar-refractivity contribution in [3.05, 3.63) is 35.9 Å². The number of nitrogens with zero attached hydrogens (tertiary/aromatic N) is 2. The molecule has 3 rings (SSSR count). The van der Waals surface area contributed by atoms with E-state index in [4.69, 9.17) is 9.26 Å². The Labute approximate surface area is 109 Å². The molecule has 19 heavy (non-hydrogen) atoms. The van der Waals surface area contributed by atoms with Crippen LogP contribution in [0.3, 0.4) is 0 Å². The average Bonchev–Trinajstić information content (AvgIpc) is 3.08. The number of nitrogens with one attached hydrogen (secondary N) is 1. The number of hydrogen-bond donors (Lipinski definition) is 1. The molecule has 1 aromatic carbocycles. The van der Waals surface area contributed by atoms with Gasteiger partial charge in [0.05, 0.1) is 18.7 Å². The molecule has 0 saturated carbocycles. The van der Waals surface area contributed by atoms with Gasteiger partial charge < -0.3 is 14.6 Å². The summed E-state index contributed by atoms with van der Waals surface area (Å²) in [6, 6.07) is 6.67. The van der Waals surface area contributed by atoms with E-state index >= 15 is 0 Å². The molecule has 1 unspecified atom stereocenters. The maximum absolute atomic E-state index is 13.6. The first kappa shape index (κ1) is 12.3. The molecule has 1 aromatic heterocycles. The van der Waals surface area contributed by atoms with Gasteiger partial charge in [0.2, 0.25) is 0 Å². The minimum Gasteiger partial charge on any atom is -0.380 e. The highest BCUT2D eigenvalue weighted by Crippen LogP contribution is 2.20. The van der Waals surface area contributed by atoms with E-state index in [9.17, 15) is 4.39 Å². The molecule has 100 valence electrons.